The van der Waals surface area contributed by atoms with Crippen LogP contribution in [0.15, 0.2) is 24.3 Å². The molecule has 0 unspecified atom stereocenters. The Hall–Kier alpha value is -1.80. The first-order valence-corrected chi connectivity index (χ1v) is 10.3. The first-order chi connectivity index (χ1) is 11.9. The summed E-state index contributed by atoms with van der Waals surface area (Å²) in [7, 11) is -2.02. The Kier molecular flexibility index (Phi) is 6.66. The largest absolute Gasteiger partial charge is 0.495 e. The molecule has 1 saturated heterocycles. The minimum absolute atomic E-state index is 0.0145. The molecule has 0 aromatic heterocycles. The first kappa shape index (κ1) is 19.5. The number of hydrogen-bond donors (Lipinski definition) is 0. The van der Waals surface area contributed by atoms with Crippen molar-refractivity contribution in [3.8, 4) is 5.75 Å². The predicted octanol–water partition coefficient (Wildman–Crippen LogP) is 1.02. The summed E-state index contributed by atoms with van der Waals surface area (Å²) in [6, 6.07) is 6.92. The molecule has 7 nitrogen and oxygen atoms in total. The van der Waals surface area contributed by atoms with Gasteiger partial charge in [-0.1, -0.05) is 19.1 Å². The molecular weight excluding hydrogens is 342 g/mol. The Balaban J connectivity index is 2.05. The summed E-state index contributed by atoms with van der Waals surface area (Å²) >= 11 is 0. The number of likely N-dealkylation sites (N-methyl/N-ethyl adjacent to an activating group) is 1. The van der Waals surface area contributed by atoms with E-state index >= 15 is 0 Å². The molecular formula is C17H27N3O4S. The molecule has 8 heteroatoms. The summed E-state index contributed by atoms with van der Waals surface area (Å²) in [6.45, 7) is 6.31. The Labute approximate surface area is 150 Å². The summed E-state index contributed by atoms with van der Waals surface area (Å²) in [5.41, 5.74) is 0.455. The van der Waals surface area contributed by atoms with E-state index in [2.05, 4.69) is 11.8 Å². The van der Waals surface area contributed by atoms with Crippen LogP contribution in [-0.2, 0) is 14.8 Å². The van der Waals surface area contributed by atoms with Crippen LogP contribution in [0.4, 0.5) is 5.69 Å². The maximum absolute atomic E-state index is 12.5. The first-order valence-electron chi connectivity index (χ1n) is 8.47. The van der Waals surface area contributed by atoms with Gasteiger partial charge in [0, 0.05) is 39.1 Å². The highest BCUT2D eigenvalue weighted by atomic mass is 32.2. The number of hydrogen-bond acceptors (Lipinski definition) is 5. The van der Waals surface area contributed by atoms with E-state index in [1.165, 1.54) is 11.4 Å². The van der Waals surface area contributed by atoms with E-state index < -0.39 is 10.0 Å². The van der Waals surface area contributed by atoms with E-state index in [4.69, 9.17) is 4.74 Å². The molecule has 1 heterocycles. The van der Waals surface area contributed by atoms with Gasteiger partial charge in [0.2, 0.25) is 15.9 Å². The number of rotatable bonds is 7. The lowest BCUT2D eigenvalue weighted by Gasteiger charge is -2.34. The molecule has 25 heavy (non-hydrogen) atoms. The Morgan fingerprint density at radius 1 is 1.20 bits per heavy atom. The molecule has 0 spiro atoms. The highest BCUT2D eigenvalue weighted by molar-refractivity contribution is 7.92. The van der Waals surface area contributed by atoms with Gasteiger partial charge in [0.25, 0.3) is 0 Å². The maximum Gasteiger partial charge on any atom is 0.232 e. The van der Waals surface area contributed by atoms with Gasteiger partial charge in [0.15, 0.2) is 0 Å². The van der Waals surface area contributed by atoms with Crippen LogP contribution < -0.4 is 9.04 Å². The summed E-state index contributed by atoms with van der Waals surface area (Å²) in [6.07, 6.45) is 1.29. The fourth-order valence-electron chi connectivity index (χ4n) is 2.97. The standard InChI is InChI=1S/C17H27N3O4S/c1-4-18-11-13-19(14-12-18)17(21)9-10-20(25(3,22)23)15-7-5-6-8-16(15)24-2/h5-8H,4,9-14H2,1-3H3. The summed E-state index contributed by atoms with van der Waals surface area (Å²) in [4.78, 5) is 16.6. The second kappa shape index (κ2) is 8.53. The van der Waals surface area contributed by atoms with Gasteiger partial charge >= 0.3 is 0 Å². The second-order valence-corrected chi connectivity index (χ2v) is 7.98. The maximum atomic E-state index is 12.5. The van der Waals surface area contributed by atoms with Gasteiger partial charge in [-0.05, 0) is 18.7 Å². The number of carbonyl (C=O) groups excluding carboxylic acids is 1. The van der Waals surface area contributed by atoms with Crippen molar-refractivity contribution >= 4 is 21.6 Å². The zero-order valence-corrected chi connectivity index (χ0v) is 16.0. The van der Waals surface area contributed by atoms with Gasteiger partial charge in [0.05, 0.1) is 19.1 Å². The van der Waals surface area contributed by atoms with E-state index in [1.807, 2.05) is 4.90 Å². The average molecular weight is 369 g/mol. The smallest absolute Gasteiger partial charge is 0.232 e. The molecule has 1 aliphatic rings. The molecule has 0 N–H and O–H groups in total. The van der Waals surface area contributed by atoms with Crippen LogP contribution in [0.25, 0.3) is 0 Å². The number of methoxy groups -OCH3 is 1. The van der Waals surface area contributed by atoms with E-state index in [0.717, 1.165) is 25.9 Å². The van der Waals surface area contributed by atoms with Crippen molar-refractivity contribution in [2.24, 2.45) is 0 Å². The van der Waals surface area contributed by atoms with Crippen LogP contribution in [0.1, 0.15) is 13.3 Å². The SMILES string of the molecule is CCN1CCN(C(=O)CCN(c2ccccc2OC)S(C)(=O)=O)CC1. The van der Waals surface area contributed by atoms with Crippen LogP contribution in [-0.4, -0.2) is 76.8 Å². The molecule has 1 aromatic carbocycles. The lowest BCUT2D eigenvalue weighted by atomic mass is 10.2. The topological polar surface area (TPSA) is 70.2 Å². The van der Waals surface area contributed by atoms with E-state index in [0.29, 0.717) is 24.5 Å². The van der Waals surface area contributed by atoms with Crippen molar-refractivity contribution in [3.63, 3.8) is 0 Å². The molecule has 2 rings (SSSR count). The van der Waals surface area contributed by atoms with E-state index in [9.17, 15) is 13.2 Å². The third-order valence-corrected chi connectivity index (χ3v) is 5.64. The lowest BCUT2D eigenvalue weighted by Crippen LogP contribution is -2.49. The van der Waals surface area contributed by atoms with Crippen LogP contribution in [0, 0.1) is 0 Å². The Morgan fingerprint density at radius 2 is 1.84 bits per heavy atom. The van der Waals surface area contributed by atoms with Gasteiger partial charge < -0.3 is 14.5 Å². The zero-order valence-electron chi connectivity index (χ0n) is 15.1. The molecule has 1 aliphatic heterocycles. The van der Waals surface area contributed by atoms with Crippen LogP contribution in [0.2, 0.25) is 0 Å². The van der Waals surface area contributed by atoms with E-state index in [-0.39, 0.29) is 18.9 Å². The Morgan fingerprint density at radius 3 is 2.40 bits per heavy atom. The summed E-state index contributed by atoms with van der Waals surface area (Å²) in [5, 5.41) is 0. The van der Waals surface area contributed by atoms with Crippen LogP contribution in [0.3, 0.4) is 0 Å². The van der Waals surface area contributed by atoms with Crippen molar-refractivity contribution in [1.82, 2.24) is 9.80 Å². The zero-order chi connectivity index (χ0) is 18.4. The Bertz CT molecular complexity index is 685. The van der Waals surface area contributed by atoms with Gasteiger partial charge in [-0.15, -0.1) is 0 Å². The molecule has 1 fully saturated rings. The highest BCUT2D eigenvalue weighted by Gasteiger charge is 2.24. The molecule has 0 aliphatic carbocycles. The predicted molar refractivity (Wildman–Crippen MR) is 98.5 cm³/mol. The van der Waals surface area contributed by atoms with E-state index in [1.54, 1.807) is 24.3 Å². The van der Waals surface area contributed by atoms with Crippen molar-refractivity contribution in [1.29, 1.82) is 0 Å². The molecule has 0 saturated carbocycles. The lowest BCUT2D eigenvalue weighted by molar-refractivity contribution is -0.132. The number of nitrogens with zero attached hydrogens (tertiary/aromatic N) is 3. The molecule has 1 amide bonds. The minimum atomic E-state index is -3.52. The molecule has 1 aromatic rings. The van der Waals surface area contributed by atoms with Crippen LogP contribution >= 0.6 is 0 Å². The fourth-order valence-corrected chi connectivity index (χ4v) is 3.90. The van der Waals surface area contributed by atoms with Gasteiger partial charge in [-0.2, -0.15) is 0 Å². The average Bonchev–Trinajstić information content (AvgIpc) is 2.61. The third-order valence-electron chi connectivity index (χ3n) is 4.46. The monoisotopic (exact) mass is 369 g/mol. The number of anilines is 1. The minimum Gasteiger partial charge on any atom is -0.495 e. The number of para-hydroxylation sites is 2. The number of sulfonamides is 1. The quantitative estimate of drug-likeness (QED) is 0.718. The van der Waals surface area contributed by atoms with Crippen molar-refractivity contribution < 1.29 is 17.9 Å². The molecule has 0 atom stereocenters. The van der Waals surface area contributed by atoms with Gasteiger partial charge in [-0.3, -0.25) is 9.10 Å². The highest BCUT2D eigenvalue weighted by Crippen LogP contribution is 2.29. The van der Waals surface area contributed by atoms with Crippen LogP contribution in [0.5, 0.6) is 5.75 Å². The molecule has 0 radical (unpaired) electrons. The number of amides is 1. The fraction of sp³-hybridized carbons (Fsp3) is 0.588. The van der Waals surface area contributed by atoms with Gasteiger partial charge in [-0.25, -0.2) is 8.42 Å². The third kappa shape index (κ3) is 5.09. The number of ether oxygens (including phenoxy) is 1. The van der Waals surface area contributed by atoms with Crippen molar-refractivity contribution in [2.75, 3.05) is 56.9 Å². The summed E-state index contributed by atoms with van der Waals surface area (Å²) in [5.74, 6) is 0.455. The normalized spacial score (nSPS) is 15.9. The van der Waals surface area contributed by atoms with Crippen molar-refractivity contribution in [2.45, 2.75) is 13.3 Å². The van der Waals surface area contributed by atoms with Crippen molar-refractivity contribution in [3.05, 3.63) is 24.3 Å². The number of carbonyl (C=O) groups is 1. The van der Waals surface area contributed by atoms with Gasteiger partial charge in [0.1, 0.15) is 5.75 Å². The second-order valence-electron chi connectivity index (χ2n) is 6.07. The molecule has 140 valence electrons. The summed E-state index contributed by atoms with van der Waals surface area (Å²) < 4.78 is 30.9. The number of piperazine rings is 1. The molecule has 0 bridgehead atoms. The number of benzene rings is 1.